The second-order valence-corrected chi connectivity index (χ2v) is 9.58. The Balaban J connectivity index is 0.000000349. The average molecular weight is 384 g/mol. The van der Waals surface area contributed by atoms with Crippen LogP contribution in [-0.4, -0.2) is 34.5 Å². The fourth-order valence-electron chi connectivity index (χ4n) is 6.17. The number of fused-ring (bicyclic) bond motifs is 5. The Kier molecular flexibility index (Phi) is 4.97. The molecule has 26 heavy (non-hydrogen) atoms. The Morgan fingerprint density at radius 3 is 2.38 bits per heavy atom. The predicted octanol–water partition coefficient (Wildman–Crippen LogP) is 3.00. The van der Waals surface area contributed by atoms with Crippen molar-refractivity contribution < 1.29 is 27.4 Å². The lowest BCUT2D eigenvalue weighted by Gasteiger charge is -2.56. The van der Waals surface area contributed by atoms with Gasteiger partial charge in [0.15, 0.2) is 5.78 Å². The summed E-state index contributed by atoms with van der Waals surface area (Å²) in [5.74, 6) is 2.22. The molecule has 3 N–H and O–H groups in total. The molecule has 7 heteroatoms. The third-order valence-corrected chi connectivity index (χ3v) is 7.51. The number of aliphatic hydroxyl groups is 1. The molecule has 146 valence electrons. The zero-order valence-electron chi connectivity index (χ0n) is 15.3. The first-order valence-electron chi connectivity index (χ1n) is 9.27. The van der Waals surface area contributed by atoms with Gasteiger partial charge in [0.05, 0.1) is 6.10 Å². The summed E-state index contributed by atoms with van der Waals surface area (Å²) in [6.07, 6.45) is 12.6. The van der Waals surface area contributed by atoms with Crippen LogP contribution in [0.4, 0.5) is 0 Å². The van der Waals surface area contributed by atoms with E-state index in [1.165, 1.54) is 24.8 Å². The molecule has 0 radical (unpaired) electrons. The second-order valence-electron chi connectivity index (χ2n) is 8.69. The van der Waals surface area contributed by atoms with E-state index in [1.54, 1.807) is 6.08 Å². The smallest absolute Gasteiger partial charge is 0.393 e. The van der Waals surface area contributed by atoms with Gasteiger partial charge in [-0.25, -0.2) is 0 Å². The number of aliphatic hydroxyl groups excluding tert-OH is 1. The maximum Gasteiger partial charge on any atom is 0.394 e. The molecule has 0 saturated heterocycles. The fraction of sp³-hybridized carbons (Fsp3) is 0.737. The molecule has 0 amide bonds. The van der Waals surface area contributed by atoms with Crippen molar-refractivity contribution in [3.63, 3.8) is 0 Å². The molecule has 3 saturated carbocycles. The van der Waals surface area contributed by atoms with E-state index in [4.69, 9.17) is 17.5 Å². The largest absolute Gasteiger partial charge is 0.394 e. The normalized spacial score (nSPS) is 44.2. The van der Waals surface area contributed by atoms with Crippen LogP contribution in [0.15, 0.2) is 23.8 Å². The summed E-state index contributed by atoms with van der Waals surface area (Å²) < 4.78 is 31.6. The first kappa shape index (κ1) is 19.7. The van der Waals surface area contributed by atoms with Crippen molar-refractivity contribution >= 4 is 16.2 Å². The minimum atomic E-state index is -4.67. The van der Waals surface area contributed by atoms with E-state index in [-0.39, 0.29) is 22.7 Å². The van der Waals surface area contributed by atoms with Crippen molar-refractivity contribution in [1.29, 1.82) is 0 Å². The third-order valence-electron chi connectivity index (χ3n) is 7.51. The molecule has 0 aromatic heterocycles. The van der Waals surface area contributed by atoms with E-state index in [0.717, 1.165) is 25.2 Å². The van der Waals surface area contributed by atoms with E-state index < -0.39 is 10.4 Å². The lowest BCUT2D eigenvalue weighted by molar-refractivity contribution is -0.111. The highest BCUT2D eigenvalue weighted by Crippen LogP contribution is 2.64. The lowest BCUT2D eigenvalue weighted by atomic mass is 9.48. The van der Waals surface area contributed by atoms with Crippen LogP contribution in [0.5, 0.6) is 0 Å². The molecule has 4 aliphatic rings. The van der Waals surface area contributed by atoms with E-state index in [2.05, 4.69) is 19.9 Å². The van der Waals surface area contributed by atoms with E-state index in [0.29, 0.717) is 11.8 Å². The van der Waals surface area contributed by atoms with Gasteiger partial charge in [-0.3, -0.25) is 13.9 Å². The number of hydrogen-bond donors (Lipinski definition) is 3. The third kappa shape index (κ3) is 3.42. The standard InChI is InChI=1S/C19H26O2.H2O4S/c1-18-9-7-13(20)11-12(18)3-4-14-15-5-6-17(21)19(15,2)10-8-16(14)18;1-5(2,3)4/h7,9,11,14-17,21H,3-6,8,10H2,1-2H3;(H2,1,2,3,4)/t14-,15-,16-,17-,18-,19-;/m0./s1. The zero-order chi connectivity index (χ0) is 19.3. The summed E-state index contributed by atoms with van der Waals surface area (Å²) in [4.78, 5) is 11.7. The van der Waals surface area contributed by atoms with Gasteiger partial charge in [0.2, 0.25) is 0 Å². The number of carbonyl (C=O) groups is 1. The van der Waals surface area contributed by atoms with Crippen LogP contribution in [-0.2, 0) is 15.2 Å². The number of hydrogen-bond acceptors (Lipinski definition) is 4. The Morgan fingerprint density at radius 2 is 1.73 bits per heavy atom. The Morgan fingerprint density at radius 1 is 1.08 bits per heavy atom. The number of ketones is 1. The van der Waals surface area contributed by atoms with Crippen molar-refractivity contribution in [2.45, 2.75) is 58.5 Å². The van der Waals surface area contributed by atoms with Gasteiger partial charge in [0.1, 0.15) is 0 Å². The van der Waals surface area contributed by atoms with Crippen LogP contribution in [0, 0.1) is 28.6 Å². The molecule has 4 aliphatic carbocycles. The van der Waals surface area contributed by atoms with Crippen LogP contribution in [0.2, 0.25) is 0 Å². The molecule has 0 spiro atoms. The van der Waals surface area contributed by atoms with Crippen LogP contribution in [0.25, 0.3) is 0 Å². The SMILES string of the molecule is C[C@]12CC[C@H]3[C@@H](CCC4=CC(=O)C=C[C@@]43C)[C@@H]1CC[C@@H]2O.O=S(=O)(O)O. The Labute approximate surface area is 154 Å². The first-order valence-corrected chi connectivity index (χ1v) is 10.7. The van der Waals surface area contributed by atoms with Gasteiger partial charge in [-0.05, 0) is 73.8 Å². The summed E-state index contributed by atoms with van der Waals surface area (Å²) in [5, 5.41) is 10.4. The molecule has 0 bridgehead atoms. The quantitative estimate of drug-likeness (QED) is 0.554. The highest BCUT2D eigenvalue weighted by atomic mass is 32.3. The van der Waals surface area contributed by atoms with Crippen LogP contribution in [0.3, 0.4) is 0 Å². The Bertz CT molecular complexity index is 746. The van der Waals surface area contributed by atoms with Crippen LogP contribution in [0.1, 0.15) is 52.4 Å². The van der Waals surface area contributed by atoms with Gasteiger partial charge < -0.3 is 5.11 Å². The monoisotopic (exact) mass is 384 g/mol. The summed E-state index contributed by atoms with van der Waals surface area (Å²) in [7, 11) is -4.67. The second kappa shape index (κ2) is 6.55. The molecule has 6 atom stereocenters. The number of rotatable bonds is 0. The highest BCUT2D eigenvalue weighted by molar-refractivity contribution is 7.79. The zero-order valence-corrected chi connectivity index (χ0v) is 16.1. The van der Waals surface area contributed by atoms with Crippen LogP contribution >= 0.6 is 0 Å². The molecule has 3 fully saturated rings. The average Bonchev–Trinajstić information content (AvgIpc) is 2.82. The molecule has 0 aromatic rings. The molecular weight excluding hydrogens is 356 g/mol. The van der Waals surface area contributed by atoms with E-state index in [1.807, 2.05) is 6.08 Å². The van der Waals surface area contributed by atoms with Gasteiger partial charge in [0, 0.05) is 5.41 Å². The van der Waals surface area contributed by atoms with E-state index >= 15 is 0 Å². The van der Waals surface area contributed by atoms with Gasteiger partial charge in [-0.15, -0.1) is 0 Å². The molecule has 0 unspecified atom stereocenters. The first-order chi connectivity index (χ1) is 11.9. The topological polar surface area (TPSA) is 112 Å². The predicted molar refractivity (Wildman–Crippen MR) is 96.8 cm³/mol. The molecule has 0 heterocycles. The fourth-order valence-corrected chi connectivity index (χ4v) is 6.17. The summed E-state index contributed by atoms with van der Waals surface area (Å²) in [6.45, 7) is 4.66. The summed E-state index contributed by atoms with van der Waals surface area (Å²) in [5.41, 5.74) is 1.59. The minimum absolute atomic E-state index is 0.0890. The molecule has 0 aliphatic heterocycles. The van der Waals surface area contributed by atoms with Crippen molar-refractivity contribution in [2.24, 2.45) is 28.6 Å². The molecule has 6 nitrogen and oxygen atoms in total. The van der Waals surface area contributed by atoms with Gasteiger partial charge in [-0.2, -0.15) is 8.42 Å². The van der Waals surface area contributed by atoms with Crippen LogP contribution < -0.4 is 0 Å². The number of allylic oxidation sites excluding steroid dienone is 4. The van der Waals surface area contributed by atoms with Gasteiger partial charge >= 0.3 is 10.4 Å². The Hall–Kier alpha value is -1.02. The minimum Gasteiger partial charge on any atom is -0.393 e. The van der Waals surface area contributed by atoms with Gasteiger partial charge in [0.25, 0.3) is 0 Å². The van der Waals surface area contributed by atoms with Crippen molar-refractivity contribution in [1.82, 2.24) is 0 Å². The highest BCUT2D eigenvalue weighted by Gasteiger charge is 2.58. The summed E-state index contributed by atoms with van der Waals surface area (Å²) in [6, 6.07) is 0. The van der Waals surface area contributed by atoms with Gasteiger partial charge in [-0.1, -0.05) is 25.5 Å². The maximum atomic E-state index is 11.7. The van der Waals surface area contributed by atoms with Crippen molar-refractivity contribution in [3.8, 4) is 0 Å². The van der Waals surface area contributed by atoms with E-state index in [9.17, 15) is 9.90 Å². The number of carbonyl (C=O) groups excluding carboxylic acids is 1. The molecule has 0 aromatic carbocycles. The summed E-state index contributed by atoms with van der Waals surface area (Å²) >= 11 is 0. The maximum absolute atomic E-state index is 11.7. The van der Waals surface area contributed by atoms with Crippen molar-refractivity contribution in [2.75, 3.05) is 0 Å². The molecule has 4 rings (SSSR count). The lowest BCUT2D eigenvalue weighted by Crippen LogP contribution is -2.50. The van der Waals surface area contributed by atoms with Crippen molar-refractivity contribution in [3.05, 3.63) is 23.8 Å². The molecular formula is C19H28O6S.